The van der Waals surface area contributed by atoms with E-state index in [1.807, 2.05) is 13.8 Å². The number of rotatable bonds is 2. The minimum atomic E-state index is -4.15. The van der Waals surface area contributed by atoms with Crippen LogP contribution in [0.3, 0.4) is 0 Å². The Kier molecular flexibility index (Phi) is 2.28. The van der Waals surface area contributed by atoms with E-state index in [-0.39, 0.29) is 17.1 Å². The third-order valence-electron chi connectivity index (χ3n) is 4.91. The zero-order valence-electron chi connectivity index (χ0n) is 9.58. The van der Waals surface area contributed by atoms with E-state index >= 15 is 0 Å². The fourth-order valence-electron chi connectivity index (χ4n) is 3.41. The molecule has 1 N–H and O–H groups in total. The normalized spacial score (nSPS) is 41.6. The monoisotopic (exact) mass is 249 g/mol. The van der Waals surface area contributed by atoms with Crippen molar-refractivity contribution in [2.45, 2.75) is 38.9 Å². The number of fused-ring (bicyclic) bond motifs is 2. The topological polar surface area (TPSA) is 63.2 Å². The molecule has 3 unspecified atom stereocenters. The van der Waals surface area contributed by atoms with Gasteiger partial charge < -0.3 is 0 Å². The average Bonchev–Trinajstić information content (AvgIpc) is 2.49. The van der Waals surface area contributed by atoms with E-state index in [0.717, 1.165) is 4.94 Å². The van der Waals surface area contributed by atoms with Crippen molar-refractivity contribution in [3.8, 4) is 0 Å². The summed E-state index contributed by atoms with van der Waals surface area (Å²) >= 11 is 0. The Bertz CT molecular complexity index is 445. The Morgan fingerprint density at radius 2 is 1.94 bits per heavy atom. The van der Waals surface area contributed by atoms with Crippen LogP contribution in [0.15, 0.2) is 0 Å². The first-order chi connectivity index (χ1) is 7.18. The second-order valence-corrected chi connectivity index (χ2v) is 7.36. The maximum absolute atomic E-state index is 12.3. The summed E-state index contributed by atoms with van der Waals surface area (Å²) in [6.07, 6.45) is 1.36. The van der Waals surface area contributed by atoms with E-state index < -0.39 is 20.7 Å². The van der Waals surface area contributed by atoms with E-state index in [0.29, 0.717) is 12.8 Å². The smallest absolute Gasteiger partial charge is 0.247 e. The number of hydrogen-bond acceptors (Lipinski definition) is 3. The van der Waals surface area contributed by atoms with Crippen molar-refractivity contribution in [2.24, 2.45) is 16.7 Å². The molecule has 0 spiro atoms. The van der Waals surface area contributed by atoms with Crippen molar-refractivity contribution >= 4 is 15.8 Å². The maximum atomic E-state index is 12.3. The molecule has 0 amide bonds. The Morgan fingerprint density at radius 3 is 2.31 bits per heavy atom. The quantitative estimate of drug-likeness (QED) is 0.747. The first-order valence-electron chi connectivity index (χ1n) is 5.34. The lowest BCUT2D eigenvalue weighted by molar-refractivity contribution is -0.127. The van der Waals surface area contributed by atoms with Gasteiger partial charge in [-0.1, -0.05) is 20.8 Å². The lowest BCUT2D eigenvalue weighted by Crippen LogP contribution is -2.42. The molecule has 0 aromatic rings. The maximum Gasteiger partial charge on any atom is 0.247 e. The number of sulfonamides is 1. The summed E-state index contributed by atoms with van der Waals surface area (Å²) in [5.74, 6) is -0.614. The molecule has 0 aromatic heterocycles. The van der Waals surface area contributed by atoms with Crippen molar-refractivity contribution < 1.29 is 17.7 Å². The van der Waals surface area contributed by atoms with Crippen molar-refractivity contribution in [3.05, 3.63) is 0 Å². The first kappa shape index (κ1) is 12.0. The summed E-state index contributed by atoms with van der Waals surface area (Å²) in [5, 5.41) is -1.22. The molecule has 92 valence electrons. The second kappa shape index (κ2) is 3.04. The van der Waals surface area contributed by atoms with E-state index in [1.54, 1.807) is 6.92 Å². The van der Waals surface area contributed by atoms with Crippen molar-refractivity contribution in [2.75, 3.05) is 0 Å². The fraction of sp³-hybridized carbons (Fsp3) is 0.900. The van der Waals surface area contributed by atoms with Crippen molar-refractivity contribution in [1.29, 1.82) is 0 Å². The Balaban J connectivity index is 2.53. The predicted octanol–water partition coefficient (Wildman–Crippen LogP) is 1.18. The molecule has 0 aromatic carbocycles. The summed E-state index contributed by atoms with van der Waals surface area (Å²) in [6, 6.07) is 0. The molecule has 0 saturated heterocycles. The molecular weight excluding hydrogens is 233 g/mol. The van der Waals surface area contributed by atoms with Gasteiger partial charge in [0, 0.05) is 5.41 Å². The third-order valence-corrected chi connectivity index (χ3v) is 6.34. The van der Waals surface area contributed by atoms with Gasteiger partial charge in [0.05, 0.1) is 0 Å². The van der Waals surface area contributed by atoms with Crippen LogP contribution in [0.2, 0.25) is 0 Å². The number of carbonyl (C=O) groups is 1. The predicted molar refractivity (Wildman–Crippen MR) is 56.6 cm³/mol. The van der Waals surface area contributed by atoms with Crippen LogP contribution in [0.25, 0.3) is 0 Å². The molecule has 2 bridgehead atoms. The van der Waals surface area contributed by atoms with Gasteiger partial charge in [-0.3, -0.25) is 4.79 Å². The highest BCUT2D eigenvalue weighted by Crippen LogP contribution is 2.64. The van der Waals surface area contributed by atoms with Gasteiger partial charge in [-0.25, -0.2) is 8.42 Å². The molecular formula is C10H16FNO3S. The van der Waals surface area contributed by atoms with Gasteiger partial charge in [-0.2, -0.15) is 0 Å². The lowest BCUT2D eigenvalue weighted by Gasteiger charge is -2.32. The summed E-state index contributed by atoms with van der Waals surface area (Å²) in [4.78, 5) is 12.9. The third kappa shape index (κ3) is 1.12. The van der Waals surface area contributed by atoms with E-state index in [1.165, 1.54) is 0 Å². The number of hydrogen-bond donors (Lipinski definition) is 1. The fourth-order valence-corrected chi connectivity index (χ4v) is 4.96. The van der Waals surface area contributed by atoms with Gasteiger partial charge in [0.2, 0.25) is 10.0 Å². The summed E-state index contributed by atoms with van der Waals surface area (Å²) < 4.78 is 35.4. The summed E-state index contributed by atoms with van der Waals surface area (Å²) in [5.41, 5.74) is -1.01. The lowest BCUT2D eigenvalue weighted by atomic mass is 9.70. The highest BCUT2D eigenvalue weighted by molar-refractivity contribution is 7.90. The molecule has 2 aliphatic carbocycles. The van der Waals surface area contributed by atoms with Gasteiger partial charge in [0.25, 0.3) is 0 Å². The minimum absolute atomic E-state index is 0.279. The highest BCUT2D eigenvalue weighted by Gasteiger charge is 2.69. The molecule has 3 atom stereocenters. The molecule has 6 heteroatoms. The molecule has 4 nitrogen and oxygen atoms in total. The van der Waals surface area contributed by atoms with Gasteiger partial charge >= 0.3 is 0 Å². The van der Waals surface area contributed by atoms with Crippen LogP contribution < -0.4 is 4.94 Å². The molecule has 2 aliphatic rings. The Hall–Kier alpha value is -0.490. The average molecular weight is 249 g/mol. The van der Waals surface area contributed by atoms with Gasteiger partial charge in [-0.05, 0) is 29.1 Å². The van der Waals surface area contributed by atoms with Gasteiger partial charge in [0.15, 0.2) is 5.78 Å². The molecule has 0 radical (unpaired) electrons. The van der Waals surface area contributed by atoms with Crippen LogP contribution in [0.4, 0.5) is 4.48 Å². The molecule has 0 aliphatic heterocycles. The van der Waals surface area contributed by atoms with Gasteiger partial charge in [-0.15, -0.1) is 4.48 Å². The largest absolute Gasteiger partial charge is 0.298 e. The molecule has 16 heavy (non-hydrogen) atoms. The number of halogens is 1. The Morgan fingerprint density at radius 1 is 1.38 bits per heavy atom. The van der Waals surface area contributed by atoms with Crippen molar-refractivity contribution in [3.63, 3.8) is 0 Å². The number of Topliss-reactive ketones (excluding diaryl/α,β-unsaturated/α-hetero) is 1. The van der Waals surface area contributed by atoms with Crippen LogP contribution in [0.5, 0.6) is 0 Å². The highest BCUT2D eigenvalue weighted by atomic mass is 32.2. The zero-order chi connectivity index (χ0) is 12.4. The van der Waals surface area contributed by atoms with Crippen molar-refractivity contribution in [1.82, 2.24) is 4.94 Å². The Labute approximate surface area is 94.6 Å². The number of nitrogens with one attached hydrogen (secondary N) is 1. The van der Waals surface area contributed by atoms with Crippen LogP contribution in [-0.2, 0) is 14.8 Å². The van der Waals surface area contributed by atoms with E-state index in [4.69, 9.17) is 0 Å². The van der Waals surface area contributed by atoms with Crippen LogP contribution in [0.1, 0.15) is 33.6 Å². The standard InChI is InChI=1S/C10H16FNO3S/c1-9(2)6-4-5-10(9,3)8(13)7(6)16(14,15)12-11/h6-7,12H,4-5H2,1-3H3. The molecule has 0 heterocycles. The number of ketones is 1. The molecule has 2 saturated carbocycles. The van der Waals surface area contributed by atoms with E-state index in [9.17, 15) is 17.7 Å². The summed E-state index contributed by atoms with van der Waals surface area (Å²) in [7, 11) is -4.15. The minimum Gasteiger partial charge on any atom is -0.298 e. The first-order valence-corrected chi connectivity index (χ1v) is 6.89. The van der Waals surface area contributed by atoms with E-state index in [2.05, 4.69) is 0 Å². The second-order valence-electron chi connectivity index (χ2n) is 5.61. The van der Waals surface area contributed by atoms with Crippen LogP contribution >= 0.6 is 0 Å². The van der Waals surface area contributed by atoms with Crippen LogP contribution in [-0.4, -0.2) is 19.5 Å². The zero-order valence-corrected chi connectivity index (χ0v) is 10.4. The van der Waals surface area contributed by atoms with Gasteiger partial charge in [0.1, 0.15) is 5.25 Å². The SMILES string of the molecule is CC12CCC(C(S(=O)(=O)NF)C1=O)C2(C)C. The van der Waals surface area contributed by atoms with Crippen LogP contribution in [0, 0.1) is 16.7 Å². The number of carbonyl (C=O) groups excluding carboxylic acids is 1. The molecule has 2 fully saturated rings. The molecule has 2 rings (SSSR count). The summed E-state index contributed by atoms with van der Waals surface area (Å²) in [6.45, 7) is 5.59.